The van der Waals surface area contributed by atoms with Crippen LogP contribution in [0.1, 0.15) is 39.5 Å². The van der Waals surface area contributed by atoms with Gasteiger partial charge < -0.3 is 5.32 Å². The van der Waals surface area contributed by atoms with Crippen molar-refractivity contribution in [1.29, 1.82) is 0 Å². The zero-order valence-electron chi connectivity index (χ0n) is 9.55. The van der Waals surface area contributed by atoms with Crippen LogP contribution in [-0.2, 0) is 0 Å². The fourth-order valence-electron chi connectivity index (χ4n) is 0.973. The van der Waals surface area contributed by atoms with Gasteiger partial charge in [-0.05, 0) is 12.8 Å². The van der Waals surface area contributed by atoms with Crippen LogP contribution in [0.2, 0.25) is 0 Å². The van der Waals surface area contributed by atoms with Crippen LogP contribution in [0.5, 0.6) is 0 Å². The molecule has 5 heteroatoms. The second-order valence-electron chi connectivity index (χ2n) is 3.29. The van der Waals surface area contributed by atoms with Crippen LogP contribution in [0.4, 0.5) is 4.79 Å². The van der Waals surface area contributed by atoms with E-state index < -0.39 is 0 Å². The Kier molecular flexibility index (Phi) is 9.36. The topological polar surface area (TPSA) is 53.5 Å². The number of nitrogens with zero attached hydrogens (tertiary/aromatic N) is 1. The molecule has 0 aliphatic heterocycles. The van der Waals surface area contributed by atoms with E-state index in [1.165, 1.54) is 0 Å². The predicted molar refractivity (Wildman–Crippen MR) is 67.6 cm³/mol. The molecule has 1 amide bonds. The smallest absolute Gasteiger partial charge is 0.282 e. The molecule has 0 atom stereocenters. The Balaban J connectivity index is 3.93. The van der Waals surface area contributed by atoms with Crippen molar-refractivity contribution in [3.8, 4) is 0 Å². The van der Waals surface area contributed by atoms with Gasteiger partial charge in [-0.2, -0.15) is 0 Å². The van der Waals surface area contributed by atoms with Gasteiger partial charge in [0.2, 0.25) is 0 Å². The first-order chi connectivity index (χ1) is 7.20. The van der Waals surface area contributed by atoms with Gasteiger partial charge >= 0.3 is 0 Å². The third-order valence-electron chi connectivity index (χ3n) is 1.83. The molecule has 0 heterocycles. The maximum absolute atomic E-state index is 10.8. The van der Waals surface area contributed by atoms with E-state index in [0.29, 0.717) is 5.96 Å². The largest absolute Gasteiger partial charge is 0.356 e. The third-order valence-corrected chi connectivity index (χ3v) is 1.94. The van der Waals surface area contributed by atoms with Crippen molar-refractivity contribution in [2.24, 2.45) is 4.99 Å². The lowest BCUT2D eigenvalue weighted by atomic mass is 10.3. The van der Waals surface area contributed by atoms with E-state index in [1.807, 2.05) is 0 Å². The van der Waals surface area contributed by atoms with Crippen molar-refractivity contribution in [2.75, 3.05) is 13.1 Å². The summed E-state index contributed by atoms with van der Waals surface area (Å²) in [7, 11) is 0. The molecule has 0 fully saturated rings. The summed E-state index contributed by atoms with van der Waals surface area (Å²) >= 11 is 3.66. The fraction of sp³-hybridized carbons (Fsp3) is 0.800. The molecule has 0 aromatic heterocycles. The van der Waals surface area contributed by atoms with Crippen molar-refractivity contribution >= 4 is 23.8 Å². The minimum absolute atomic E-state index is 0.380. The first kappa shape index (κ1) is 14.3. The van der Waals surface area contributed by atoms with Gasteiger partial charge in [0.25, 0.3) is 5.24 Å². The van der Waals surface area contributed by atoms with Crippen LogP contribution in [0.15, 0.2) is 4.99 Å². The summed E-state index contributed by atoms with van der Waals surface area (Å²) in [5, 5.41) is 5.26. The maximum atomic E-state index is 10.8. The van der Waals surface area contributed by atoms with Crippen LogP contribution in [-0.4, -0.2) is 24.3 Å². The molecule has 4 nitrogen and oxygen atoms in total. The summed E-state index contributed by atoms with van der Waals surface area (Å²) < 4.78 is 0. The zero-order valence-corrected chi connectivity index (χ0v) is 10.4. The Labute approximate surface area is 97.3 Å². The van der Waals surface area contributed by atoms with Crippen molar-refractivity contribution in [3.05, 3.63) is 0 Å². The summed E-state index contributed by atoms with van der Waals surface area (Å²) in [5.41, 5.74) is 0. The first-order valence-electron chi connectivity index (χ1n) is 5.49. The Morgan fingerprint density at radius 1 is 1.27 bits per heavy atom. The number of hydrogen-bond acceptors (Lipinski definition) is 2. The highest BCUT2D eigenvalue weighted by atomic mass is 32.1. The van der Waals surface area contributed by atoms with Gasteiger partial charge in [-0.15, -0.1) is 0 Å². The molecule has 2 N–H and O–H groups in total. The van der Waals surface area contributed by atoms with E-state index in [1.54, 1.807) is 0 Å². The second kappa shape index (κ2) is 9.83. The molecular weight excluding hydrogens is 210 g/mol. The van der Waals surface area contributed by atoms with Gasteiger partial charge in [0, 0.05) is 13.1 Å². The Bertz CT molecular complexity index is 207. The first-order valence-corrected chi connectivity index (χ1v) is 5.93. The number of unbranched alkanes of at least 4 members (excludes halogenated alkanes) is 2. The summed E-state index contributed by atoms with van der Waals surface area (Å²) in [6, 6.07) is 0. The molecule has 0 bridgehead atoms. The number of thiol groups is 1. The van der Waals surface area contributed by atoms with Crippen molar-refractivity contribution in [3.63, 3.8) is 0 Å². The zero-order chi connectivity index (χ0) is 11.5. The van der Waals surface area contributed by atoms with Gasteiger partial charge in [-0.3, -0.25) is 15.1 Å². The van der Waals surface area contributed by atoms with Crippen molar-refractivity contribution in [1.82, 2.24) is 10.6 Å². The van der Waals surface area contributed by atoms with Crippen LogP contribution in [0.3, 0.4) is 0 Å². The highest BCUT2D eigenvalue weighted by Gasteiger charge is 1.99. The molecular formula is C10H21N3OS. The molecule has 15 heavy (non-hydrogen) atoms. The van der Waals surface area contributed by atoms with Crippen molar-refractivity contribution < 1.29 is 4.79 Å². The average molecular weight is 231 g/mol. The molecule has 0 radical (unpaired) electrons. The van der Waals surface area contributed by atoms with Gasteiger partial charge in [-0.25, -0.2) is 0 Å². The number of amides is 1. The summed E-state index contributed by atoms with van der Waals surface area (Å²) in [6.45, 7) is 5.79. The molecule has 0 aromatic carbocycles. The van der Waals surface area contributed by atoms with Crippen LogP contribution >= 0.6 is 12.6 Å². The van der Waals surface area contributed by atoms with E-state index in [2.05, 4.69) is 42.1 Å². The van der Waals surface area contributed by atoms with Crippen LogP contribution < -0.4 is 10.6 Å². The minimum Gasteiger partial charge on any atom is -0.356 e. The Morgan fingerprint density at radius 2 is 1.93 bits per heavy atom. The van der Waals surface area contributed by atoms with Gasteiger partial charge in [0.15, 0.2) is 5.96 Å². The molecule has 0 unspecified atom stereocenters. The number of guanidine groups is 1. The Morgan fingerprint density at radius 3 is 2.47 bits per heavy atom. The highest BCUT2D eigenvalue weighted by molar-refractivity contribution is 7.96. The second-order valence-corrected chi connectivity index (χ2v) is 3.70. The number of aliphatic imine (C=N–C) groups is 1. The monoisotopic (exact) mass is 231 g/mol. The molecule has 0 spiro atoms. The average Bonchev–Trinajstić information content (AvgIpc) is 2.17. The number of carbonyl (C=O) groups is 1. The summed E-state index contributed by atoms with van der Waals surface area (Å²) in [4.78, 5) is 15.0. The molecule has 0 saturated heterocycles. The normalized spacial score (nSPS) is 11.3. The van der Waals surface area contributed by atoms with E-state index in [0.717, 1.165) is 38.8 Å². The fourth-order valence-corrected chi connectivity index (χ4v) is 1.08. The summed E-state index contributed by atoms with van der Waals surface area (Å²) in [6.07, 6.45) is 4.31. The van der Waals surface area contributed by atoms with Gasteiger partial charge in [-0.1, -0.05) is 39.3 Å². The van der Waals surface area contributed by atoms with E-state index >= 15 is 0 Å². The third kappa shape index (κ3) is 9.59. The lowest BCUT2D eigenvalue weighted by molar-refractivity contribution is 0.264. The molecule has 0 rings (SSSR count). The molecule has 0 aliphatic rings. The molecule has 0 saturated carbocycles. The van der Waals surface area contributed by atoms with E-state index in [9.17, 15) is 4.79 Å². The molecule has 0 aromatic rings. The van der Waals surface area contributed by atoms with Crippen molar-refractivity contribution in [2.45, 2.75) is 39.5 Å². The number of carbonyl (C=O) groups excluding carboxylic acids is 1. The Hall–Kier alpha value is -0.710. The van der Waals surface area contributed by atoms with Crippen LogP contribution in [0.25, 0.3) is 0 Å². The molecule has 88 valence electrons. The molecule has 0 aliphatic carbocycles. The van der Waals surface area contributed by atoms with Crippen LogP contribution in [0, 0.1) is 0 Å². The maximum Gasteiger partial charge on any atom is 0.282 e. The van der Waals surface area contributed by atoms with E-state index in [4.69, 9.17) is 0 Å². The number of hydrogen-bond donors (Lipinski definition) is 3. The number of nitrogens with one attached hydrogen (secondary N) is 2. The summed E-state index contributed by atoms with van der Waals surface area (Å²) in [5.74, 6) is 0.539. The highest BCUT2D eigenvalue weighted by Crippen LogP contribution is 1.88. The SMILES string of the molecule is CCCCN=C(NCCCC)NC(=O)S. The predicted octanol–water partition coefficient (Wildman–Crippen LogP) is 2.17. The van der Waals surface area contributed by atoms with Gasteiger partial charge in [0.05, 0.1) is 0 Å². The van der Waals surface area contributed by atoms with E-state index in [-0.39, 0.29) is 5.24 Å². The lowest BCUT2D eigenvalue weighted by Gasteiger charge is -2.09. The number of rotatable bonds is 6. The quantitative estimate of drug-likeness (QED) is 0.284. The minimum atomic E-state index is -0.380. The lowest BCUT2D eigenvalue weighted by Crippen LogP contribution is -2.39. The standard InChI is InChI=1S/C10H21N3OS/c1-3-5-7-11-9(13-10(14)15)12-8-6-4-2/h3-8H2,1-2H3,(H3,11,12,13,14,15). The van der Waals surface area contributed by atoms with Gasteiger partial charge in [0.1, 0.15) is 0 Å².